The van der Waals surface area contributed by atoms with Crippen LogP contribution in [0.5, 0.6) is 0 Å². The molecule has 1 heterocycles. The van der Waals surface area contributed by atoms with Gasteiger partial charge >= 0.3 is 5.97 Å². The molecule has 0 radical (unpaired) electrons. The molecule has 4 heteroatoms. The molecule has 0 aliphatic rings. The number of carboxylic acids is 1. The highest BCUT2D eigenvalue weighted by atomic mass is 32.2. The third-order valence-corrected chi connectivity index (χ3v) is 4.16. The summed E-state index contributed by atoms with van der Waals surface area (Å²) >= 11 is 1.63. The zero-order valence-corrected chi connectivity index (χ0v) is 11.5. The lowest BCUT2D eigenvalue weighted by Crippen LogP contribution is -1.99. The molecule has 0 saturated heterocycles. The summed E-state index contributed by atoms with van der Waals surface area (Å²) in [6.07, 6.45) is 0. The summed E-state index contributed by atoms with van der Waals surface area (Å²) in [6, 6.07) is 17.5. The molecule has 0 saturated carbocycles. The number of aromatic nitrogens is 1. The van der Waals surface area contributed by atoms with Crippen LogP contribution in [0.1, 0.15) is 16.1 Å². The minimum Gasteiger partial charge on any atom is -0.478 e. The minimum atomic E-state index is -0.883. The first kappa shape index (κ1) is 12.8. The number of benzene rings is 2. The number of thioether (sulfide) groups is 1. The number of fused-ring (bicyclic) bond motifs is 1. The van der Waals surface area contributed by atoms with Gasteiger partial charge in [0.1, 0.15) is 0 Å². The zero-order valence-electron chi connectivity index (χ0n) is 10.7. The average Bonchev–Trinajstić information content (AvgIpc) is 2.84. The SMILES string of the molecule is O=C(O)c1c(CSc2ccccc2)[nH]c2ccccc12. The third-order valence-electron chi connectivity index (χ3n) is 3.12. The number of aromatic amines is 1. The van der Waals surface area contributed by atoms with Crippen molar-refractivity contribution in [2.45, 2.75) is 10.6 Å². The molecule has 3 rings (SSSR count). The van der Waals surface area contributed by atoms with Crippen molar-refractivity contribution in [3.05, 3.63) is 65.9 Å². The van der Waals surface area contributed by atoms with E-state index in [0.29, 0.717) is 11.3 Å². The monoisotopic (exact) mass is 283 g/mol. The molecule has 3 nitrogen and oxygen atoms in total. The molecule has 0 amide bonds. The van der Waals surface area contributed by atoms with Crippen LogP contribution in [-0.4, -0.2) is 16.1 Å². The molecule has 20 heavy (non-hydrogen) atoms. The third kappa shape index (κ3) is 2.42. The van der Waals surface area contributed by atoms with Crippen LogP contribution in [0.3, 0.4) is 0 Å². The molecule has 3 aromatic rings. The van der Waals surface area contributed by atoms with Crippen LogP contribution < -0.4 is 0 Å². The van der Waals surface area contributed by atoms with Crippen molar-refractivity contribution in [2.24, 2.45) is 0 Å². The van der Waals surface area contributed by atoms with Crippen molar-refractivity contribution in [1.82, 2.24) is 4.98 Å². The second-order valence-electron chi connectivity index (χ2n) is 4.43. The van der Waals surface area contributed by atoms with Gasteiger partial charge in [0.15, 0.2) is 0 Å². The van der Waals surface area contributed by atoms with E-state index in [4.69, 9.17) is 0 Å². The van der Waals surface area contributed by atoms with Crippen LogP contribution in [0.25, 0.3) is 10.9 Å². The minimum absolute atomic E-state index is 0.379. The highest BCUT2D eigenvalue weighted by molar-refractivity contribution is 7.98. The maximum atomic E-state index is 11.5. The Balaban J connectivity index is 1.95. The summed E-state index contributed by atoms with van der Waals surface area (Å²) in [6.45, 7) is 0. The van der Waals surface area contributed by atoms with Gasteiger partial charge in [-0.25, -0.2) is 4.79 Å². The van der Waals surface area contributed by atoms with Crippen LogP contribution in [0, 0.1) is 0 Å². The molecule has 100 valence electrons. The van der Waals surface area contributed by atoms with Crippen LogP contribution in [0.2, 0.25) is 0 Å². The van der Waals surface area contributed by atoms with Gasteiger partial charge in [0.25, 0.3) is 0 Å². The molecule has 2 N–H and O–H groups in total. The first-order chi connectivity index (χ1) is 9.75. The number of carboxylic acid groups (broad SMARTS) is 1. The molecule has 0 aliphatic heterocycles. The van der Waals surface area contributed by atoms with Gasteiger partial charge < -0.3 is 10.1 Å². The molecule has 0 spiro atoms. The Bertz CT molecular complexity index is 750. The number of nitrogens with one attached hydrogen (secondary N) is 1. The van der Waals surface area contributed by atoms with Gasteiger partial charge in [-0.1, -0.05) is 36.4 Å². The normalized spacial score (nSPS) is 10.8. The fraction of sp³-hybridized carbons (Fsp3) is 0.0625. The van der Waals surface area contributed by atoms with Gasteiger partial charge in [-0.05, 0) is 18.2 Å². The predicted molar refractivity (Wildman–Crippen MR) is 81.3 cm³/mol. The summed E-state index contributed by atoms with van der Waals surface area (Å²) < 4.78 is 0. The number of para-hydroxylation sites is 1. The Kier molecular flexibility index (Phi) is 3.48. The molecule has 2 aromatic carbocycles. The predicted octanol–water partition coefficient (Wildman–Crippen LogP) is 4.16. The summed E-state index contributed by atoms with van der Waals surface area (Å²) in [5.74, 6) is -0.272. The topological polar surface area (TPSA) is 53.1 Å². The van der Waals surface area contributed by atoms with E-state index in [-0.39, 0.29) is 0 Å². The average molecular weight is 283 g/mol. The second-order valence-corrected chi connectivity index (χ2v) is 5.48. The van der Waals surface area contributed by atoms with E-state index < -0.39 is 5.97 Å². The van der Waals surface area contributed by atoms with Crippen molar-refractivity contribution in [3.63, 3.8) is 0 Å². The maximum Gasteiger partial charge on any atom is 0.338 e. The van der Waals surface area contributed by atoms with E-state index in [0.717, 1.165) is 21.5 Å². The lowest BCUT2D eigenvalue weighted by molar-refractivity contribution is 0.0698. The Morgan fingerprint density at radius 2 is 1.75 bits per heavy atom. The van der Waals surface area contributed by atoms with Gasteiger partial charge in [-0.3, -0.25) is 0 Å². The van der Waals surface area contributed by atoms with Crippen molar-refractivity contribution in [1.29, 1.82) is 0 Å². The molecule has 0 aliphatic carbocycles. The molecule has 0 unspecified atom stereocenters. The largest absolute Gasteiger partial charge is 0.478 e. The van der Waals surface area contributed by atoms with Gasteiger partial charge in [0.2, 0.25) is 0 Å². The van der Waals surface area contributed by atoms with E-state index in [1.165, 1.54) is 0 Å². The van der Waals surface area contributed by atoms with Crippen molar-refractivity contribution in [2.75, 3.05) is 0 Å². The van der Waals surface area contributed by atoms with E-state index in [2.05, 4.69) is 4.98 Å². The van der Waals surface area contributed by atoms with E-state index in [1.807, 2.05) is 54.6 Å². The fourth-order valence-electron chi connectivity index (χ4n) is 2.22. The van der Waals surface area contributed by atoms with Crippen LogP contribution in [-0.2, 0) is 5.75 Å². The number of hydrogen-bond donors (Lipinski definition) is 2. The highest BCUT2D eigenvalue weighted by Crippen LogP contribution is 2.28. The molecule has 1 aromatic heterocycles. The lowest BCUT2D eigenvalue weighted by atomic mass is 10.1. The zero-order chi connectivity index (χ0) is 13.9. The molecular weight excluding hydrogens is 270 g/mol. The van der Waals surface area contributed by atoms with Crippen molar-refractivity contribution >= 4 is 28.6 Å². The number of rotatable bonds is 4. The van der Waals surface area contributed by atoms with E-state index in [1.54, 1.807) is 11.8 Å². The summed E-state index contributed by atoms with van der Waals surface area (Å²) in [5.41, 5.74) is 2.00. The number of H-pyrrole nitrogens is 1. The number of carbonyl (C=O) groups is 1. The van der Waals surface area contributed by atoms with Crippen molar-refractivity contribution < 1.29 is 9.90 Å². The maximum absolute atomic E-state index is 11.5. The van der Waals surface area contributed by atoms with Crippen molar-refractivity contribution in [3.8, 4) is 0 Å². The molecule has 0 bridgehead atoms. The molecule has 0 fully saturated rings. The van der Waals surface area contributed by atoms with Crippen LogP contribution >= 0.6 is 11.8 Å². The second kappa shape index (κ2) is 5.43. The quantitative estimate of drug-likeness (QED) is 0.707. The smallest absolute Gasteiger partial charge is 0.338 e. The standard InChI is InChI=1S/C16H13NO2S/c18-16(19)15-12-8-4-5-9-13(12)17-14(15)10-20-11-6-2-1-3-7-11/h1-9,17H,10H2,(H,18,19). The van der Waals surface area contributed by atoms with E-state index in [9.17, 15) is 9.90 Å². The van der Waals surface area contributed by atoms with Crippen LogP contribution in [0.15, 0.2) is 59.5 Å². The van der Waals surface area contributed by atoms with Gasteiger partial charge in [0.05, 0.1) is 5.56 Å². The first-order valence-corrected chi connectivity index (χ1v) is 7.25. The summed E-state index contributed by atoms with van der Waals surface area (Å²) in [4.78, 5) is 15.8. The number of aromatic carboxylic acids is 1. The fourth-order valence-corrected chi connectivity index (χ4v) is 3.10. The Hall–Kier alpha value is -2.20. The molecule has 0 atom stereocenters. The summed E-state index contributed by atoms with van der Waals surface area (Å²) in [5, 5.41) is 10.2. The number of hydrogen-bond acceptors (Lipinski definition) is 2. The lowest BCUT2D eigenvalue weighted by Gasteiger charge is -2.01. The van der Waals surface area contributed by atoms with Gasteiger partial charge in [-0.2, -0.15) is 0 Å². The molecular formula is C16H13NO2S. The van der Waals surface area contributed by atoms with Gasteiger partial charge in [0, 0.05) is 27.2 Å². The summed E-state index contributed by atoms with van der Waals surface area (Å²) in [7, 11) is 0. The Labute approximate surface area is 120 Å². The van der Waals surface area contributed by atoms with Crippen LogP contribution in [0.4, 0.5) is 0 Å². The van der Waals surface area contributed by atoms with E-state index >= 15 is 0 Å². The Morgan fingerprint density at radius 1 is 1.05 bits per heavy atom. The van der Waals surface area contributed by atoms with Gasteiger partial charge in [-0.15, -0.1) is 11.8 Å². The Morgan fingerprint density at radius 3 is 2.50 bits per heavy atom. The highest BCUT2D eigenvalue weighted by Gasteiger charge is 2.17. The first-order valence-electron chi connectivity index (χ1n) is 6.26.